The molecule has 96 valence electrons. The Balaban J connectivity index is 2.50. The van der Waals surface area contributed by atoms with Crippen LogP contribution in [0.5, 0.6) is 5.75 Å². The zero-order valence-corrected chi connectivity index (χ0v) is 11.7. The minimum atomic E-state index is 0.829. The van der Waals surface area contributed by atoms with Crippen molar-refractivity contribution < 1.29 is 4.74 Å². The van der Waals surface area contributed by atoms with Gasteiger partial charge in [-0.1, -0.05) is 13.8 Å². The van der Waals surface area contributed by atoms with E-state index in [4.69, 9.17) is 10.5 Å². The summed E-state index contributed by atoms with van der Waals surface area (Å²) in [6.07, 6.45) is 0. The summed E-state index contributed by atoms with van der Waals surface area (Å²) in [6, 6.07) is 5.80. The van der Waals surface area contributed by atoms with E-state index in [9.17, 15) is 0 Å². The number of hydrogen-bond donors (Lipinski definition) is 1. The molecule has 0 amide bonds. The average Bonchev–Trinajstić information content (AvgIpc) is 2.36. The molecule has 0 aromatic heterocycles. The average molecular weight is 254 g/mol. The first kappa shape index (κ1) is 14.2. The van der Waals surface area contributed by atoms with E-state index in [0.29, 0.717) is 0 Å². The zero-order chi connectivity index (χ0) is 12.7. The number of anilines is 1. The molecule has 0 atom stereocenters. The Morgan fingerprint density at radius 2 is 2.00 bits per heavy atom. The third kappa shape index (κ3) is 4.48. The fourth-order valence-corrected chi connectivity index (χ4v) is 2.59. The van der Waals surface area contributed by atoms with Crippen LogP contribution >= 0.6 is 11.8 Å². The standard InChI is InChI=1S/C13H22N2OS/c1-4-15(5-2)8-9-17-13-10-11(16-3)6-7-12(13)14/h6-7,10H,4-5,8-9,14H2,1-3H3. The van der Waals surface area contributed by atoms with Crippen molar-refractivity contribution in [2.45, 2.75) is 18.7 Å². The van der Waals surface area contributed by atoms with Gasteiger partial charge in [0.2, 0.25) is 0 Å². The molecule has 0 spiro atoms. The Kier molecular flexibility index (Phi) is 6.22. The molecular weight excluding hydrogens is 232 g/mol. The molecule has 1 rings (SSSR count). The number of thioether (sulfide) groups is 1. The van der Waals surface area contributed by atoms with Gasteiger partial charge in [-0.15, -0.1) is 11.8 Å². The van der Waals surface area contributed by atoms with E-state index in [2.05, 4.69) is 18.7 Å². The summed E-state index contributed by atoms with van der Waals surface area (Å²) in [4.78, 5) is 3.51. The molecule has 3 nitrogen and oxygen atoms in total. The van der Waals surface area contributed by atoms with Gasteiger partial charge in [-0.05, 0) is 31.3 Å². The summed E-state index contributed by atoms with van der Waals surface area (Å²) < 4.78 is 5.20. The molecule has 1 aromatic rings. The Bertz CT molecular complexity index is 340. The lowest BCUT2D eigenvalue weighted by molar-refractivity contribution is 0.324. The van der Waals surface area contributed by atoms with Gasteiger partial charge in [-0.3, -0.25) is 0 Å². The maximum absolute atomic E-state index is 5.94. The third-order valence-electron chi connectivity index (χ3n) is 2.78. The van der Waals surface area contributed by atoms with E-state index in [1.807, 2.05) is 18.2 Å². The van der Waals surface area contributed by atoms with Gasteiger partial charge in [0.15, 0.2) is 0 Å². The van der Waals surface area contributed by atoms with Crippen LogP contribution in [0.2, 0.25) is 0 Å². The zero-order valence-electron chi connectivity index (χ0n) is 10.9. The van der Waals surface area contributed by atoms with E-state index in [1.54, 1.807) is 18.9 Å². The predicted octanol–water partition coefficient (Wildman–Crippen LogP) is 2.71. The Morgan fingerprint density at radius 3 is 2.59 bits per heavy atom. The number of benzene rings is 1. The van der Waals surface area contributed by atoms with Crippen molar-refractivity contribution in [1.29, 1.82) is 0 Å². The molecule has 0 saturated heterocycles. The summed E-state index contributed by atoms with van der Waals surface area (Å²) >= 11 is 1.79. The number of rotatable bonds is 7. The number of hydrogen-bond acceptors (Lipinski definition) is 4. The van der Waals surface area contributed by atoms with Crippen LogP contribution < -0.4 is 10.5 Å². The highest BCUT2D eigenvalue weighted by atomic mass is 32.2. The van der Waals surface area contributed by atoms with Crippen LogP contribution in [-0.4, -0.2) is 37.4 Å². The van der Waals surface area contributed by atoms with Crippen molar-refractivity contribution in [2.75, 3.05) is 38.2 Å². The van der Waals surface area contributed by atoms with Gasteiger partial charge >= 0.3 is 0 Å². The van der Waals surface area contributed by atoms with Crippen LogP contribution in [-0.2, 0) is 0 Å². The van der Waals surface area contributed by atoms with Gasteiger partial charge in [-0.25, -0.2) is 0 Å². The molecule has 0 fully saturated rings. The fourth-order valence-electron chi connectivity index (χ4n) is 1.59. The topological polar surface area (TPSA) is 38.5 Å². The Hall–Kier alpha value is -0.870. The normalized spacial score (nSPS) is 10.8. The molecule has 0 aliphatic rings. The van der Waals surface area contributed by atoms with Gasteiger partial charge in [-0.2, -0.15) is 0 Å². The van der Waals surface area contributed by atoms with E-state index >= 15 is 0 Å². The molecule has 0 aliphatic carbocycles. The van der Waals surface area contributed by atoms with Crippen molar-refractivity contribution in [3.8, 4) is 5.75 Å². The van der Waals surface area contributed by atoms with E-state index in [0.717, 1.165) is 41.7 Å². The van der Waals surface area contributed by atoms with Crippen molar-refractivity contribution in [3.05, 3.63) is 18.2 Å². The van der Waals surface area contributed by atoms with Gasteiger partial charge in [0.1, 0.15) is 5.75 Å². The van der Waals surface area contributed by atoms with Crippen LogP contribution in [0.3, 0.4) is 0 Å². The minimum absolute atomic E-state index is 0.829. The van der Waals surface area contributed by atoms with Crippen LogP contribution in [0.15, 0.2) is 23.1 Å². The number of ether oxygens (including phenoxy) is 1. The smallest absolute Gasteiger partial charge is 0.120 e. The second-order valence-electron chi connectivity index (χ2n) is 3.78. The van der Waals surface area contributed by atoms with Crippen LogP contribution in [0, 0.1) is 0 Å². The third-order valence-corrected chi connectivity index (χ3v) is 3.83. The first-order valence-electron chi connectivity index (χ1n) is 5.99. The monoisotopic (exact) mass is 254 g/mol. The molecule has 0 aliphatic heterocycles. The predicted molar refractivity (Wildman–Crippen MR) is 75.9 cm³/mol. The summed E-state index contributed by atoms with van der Waals surface area (Å²) in [5, 5.41) is 0. The highest BCUT2D eigenvalue weighted by molar-refractivity contribution is 7.99. The highest BCUT2D eigenvalue weighted by Gasteiger charge is 2.04. The number of nitrogen functional groups attached to an aromatic ring is 1. The molecule has 0 unspecified atom stereocenters. The highest BCUT2D eigenvalue weighted by Crippen LogP contribution is 2.28. The largest absolute Gasteiger partial charge is 0.497 e. The molecular formula is C13H22N2OS. The van der Waals surface area contributed by atoms with E-state index in [-0.39, 0.29) is 0 Å². The molecule has 0 bridgehead atoms. The SMILES string of the molecule is CCN(CC)CCSc1cc(OC)ccc1N. The van der Waals surface area contributed by atoms with Crippen LogP contribution in [0.25, 0.3) is 0 Å². The van der Waals surface area contributed by atoms with Crippen molar-refractivity contribution in [1.82, 2.24) is 4.90 Å². The molecule has 17 heavy (non-hydrogen) atoms. The maximum Gasteiger partial charge on any atom is 0.120 e. The second kappa shape index (κ2) is 7.45. The van der Waals surface area contributed by atoms with E-state index < -0.39 is 0 Å². The first-order chi connectivity index (χ1) is 8.21. The van der Waals surface area contributed by atoms with Gasteiger partial charge < -0.3 is 15.4 Å². The minimum Gasteiger partial charge on any atom is -0.497 e. The van der Waals surface area contributed by atoms with Gasteiger partial charge in [0.25, 0.3) is 0 Å². The fraction of sp³-hybridized carbons (Fsp3) is 0.538. The van der Waals surface area contributed by atoms with E-state index in [1.165, 1.54) is 0 Å². The Morgan fingerprint density at radius 1 is 1.29 bits per heavy atom. The summed E-state index contributed by atoms with van der Waals surface area (Å²) in [6.45, 7) is 7.67. The molecule has 0 radical (unpaired) electrons. The lowest BCUT2D eigenvalue weighted by Gasteiger charge is -2.17. The summed E-state index contributed by atoms with van der Waals surface area (Å²) in [5.41, 5.74) is 6.77. The number of methoxy groups -OCH3 is 1. The second-order valence-corrected chi connectivity index (χ2v) is 4.92. The maximum atomic E-state index is 5.94. The molecule has 4 heteroatoms. The molecule has 0 heterocycles. The molecule has 0 saturated carbocycles. The lowest BCUT2D eigenvalue weighted by Crippen LogP contribution is -2.25. The van der Waals surface area contributed by atoms with Crippen molar-refractivity contribution in [2.24, 2.45) is 0 Å². The van der Waals surface area contributed by atoms with Gasteiger partial charge in [0, 0.05) is 22.9 Å². The Labute approximate surface area is 108 Å². The van der Waals surface area contributed by atoms with Crippen molar-refractivity contribution in [3.63, 3.8) is 0 Å². The summed E-state index contributed by atoms with van der Waals surface area (Å²) in [7, 11) is 1.68. The molecule has 2 N–H and O–H groups in total. The van der Waals surface area contributed by atoms with Gasteiger partial charge in [0.05, 0.1) is 7.11 Å². The quantitative estimate of drug-likeness (QED) is 0.600. The van der Waals surface area contributed by atoms with Crippen LogP contribution in [0.4, 0.5) is 5.69 Å². The summed E-state index contributed by atoms with van der Waals surface area (Å²) in [5.74, 6) is 1.92. The number of nitrogens with two attached hydrogens (primary N) is 1. The van der Waals surface area contributed by atoms with Crippen LogP contribution in [0.1, 0.15) is 13.8 Å². The van der Waals surface area contributed by atoms with Crippen molar-refractivity contribution >= 4 is 17.4 Å². The number of nitrogens with zero attached hydrogens (tertiary/aromatic N) is 1. The lowest BCUT2D eigenvalue weighted by atomic mass is 10.3. The first-order valence-corrected chi connectivity index (χ1v) is 6.98. The molecule has 1 aromatic carbocycles.